The van der Waals surface area contributed by atoms with Crippen LogP contribution < -0.4 is 0 Å². The molecule has 0 aliphatic carbocycles. The van der Waals surface area contributed by atoms with Gasteiger partial charge in [-0.3, -0.25) is 9.69 Å². The zero-order valence-electron chi connectivity index (χ0n) is 14.6. The van der Waals surface area contributed by atoms with Crippen LogP contribution in [0, 0.1) is 0 Å². The lowest BCUT2D eigenvalue weighted by Crippen LogP contribution is -2.60. The Labute approximate surface area is 143 Å². The number of nitrogens with zero attached hydrogens (tertiary/aromatic N) is 5. The summed E-state index contributed by atoms with van der Waals surface area (Å²) in [5.74, 6) is 0.105. The number of rotatable bonds is 4. The van der Waals surface area contributed by atoms with E-state index in [0.29, 0.717) is 0 Å². The quantitative estimate of drug-likeness (QED) is 0.861. The van der Waals surface area contributed by atoms with E-state index >= 15 is 0 Å². The Bertz CT molecular complexity index is 668. The number of benzene rings is 1. The Balaban J connectivity index is 1.66. The van der Waals surface area contributed by atoms with Crippen LogP contribution in [-0.2, 0) is 11.3 Å². The molecule has 0 saturated carbocycles. The Hall–Kier alpha value is -2.21. The van der Waals surface area contributed by atoms with Crippen LogP contribution in [0.4, 0.5) is 0 Å². The van der Waals surface area contributed by atoms with E-state index in [-0.39, 0.29) is 17.5 Å². The molecule has 1 aromatic heterocycles. The van der Waals surface area contributed by atoms with Crippen molar-refractivity contribution >= 4 is 5.91 Å². The van der Waals surface area contributed by atoms with Gasteiger partial charge in [-0.1, -0.05) is 30.3 Å². The smallest absolute Gasteiger partial charge is 0.247 e. The SMILES string of the molecule is CC(C(=O)N1CCN(Cc2ccccc2)C(C)(C)C1)n1cncn1. The van der Waals surface area contributed by atoms with Crippen LogP contribution >= 0.6 is 0 Å². The fourth-order valence-electron chi connectivity index (χ4n) is 3.27. The number of carbonyl (C=O) groups excluding carboxylic acids is 1. The molecule has 1 aliphatic heterocycles. The third-order valence-corrected chi connectivity index (χ3v) is 4.79. The predicted molar refractivity (Wildman–Crippen MR) is 92.2 cm³/mol. The molecular weight excluding hydrogens is 302 g/mol. The first-order chi connectivity index (χ1) is 11.5. The average Bonchev–Trinajstić information content (AvgIpc) is 3.10. The summed E-state index contributed by atoms with van der Waals surface area (Å²) in [5.41, 5.74) is 1.24. The lowest BCUT2D eigenvalue weighted by Gasteiger charge is -2.47. The van der Waals surface area contributed by atoms with Gasteiger partial charge in [0.1, 0.15) is 18.7 Å². The summed E-state index contributed by atoms with van der Waals surface area (Å²) in [6, 6.07) is 10.2. The molecule has 1 unspecified atom stereocenters. The predicted octanol–water partition coefficient (Wildman–Crippen LogP) is 1.96. The van der Waals surface area contributed by atoms with E-state index in [4.69, 9.17) is 0 Å². The molecule has 1 atom stereocenters. The molecular formula is C18H25N5O. The summed E-state index contributed by atoms with van der Waals surface area (Å²) in [6.07, 6.45) is 3.06. The van der Waals surface area contributed by atoms with Gasteiger partial charge >= 0.3 is 0 Å². The Morgan fingerprint density at radius 2 is 2.00 bits per heavy atom. The average molecular weight is 327 g/mol. The number of carbonyl (C=O) groups is 1. The number of hydrogen-bond donors (Lipinski definition) is 0. The van der Waals surface area contributed by atoms with Gasteiger partial charge < -0.3 is 4.90 Å². The minimum Gasteiger partial charge on any atom is -0.338 e. The maximum Gasteiger partial charge on any atom is 0.247 e. The van der Waals surface area contributed by atoms with Crippen LogP contribution in [0.5, 0.6) is 0 Å². The fraction of sp³-hybridized carbons (Fsp3) is 0.500. The molecule has 1 amide bonds. The van der Waals surface area contributed by atoms with Crippen LogP contribution in [-0.4, -0.2) is 55.6 Å². The summed E-state index contributed by atoms with van der Waals surface area (Å²) in [5, 5.41) is 4.09. The second-order valence-electron chi connectivity index (χ2n) is 7.03. The molecule has 128 valence electrons. The lowest BCUT2D eigenvalue weighted by atomic mass is 9.97. The van der Waals surface area contributed by atoms with Crippen molar-refractivity contribution in [3.05, 3.63) is 48.5 Å². The molecule has 6 heteroatoms. The summed E-state index contributed by atoms with van der Waals surface area (Å²) in [7, 11) is 0. The number of hydrogen-bond acceptors (Lipinski definition) is 4. The van der Waals surface area contributed by atoms with E-state index in [1.165, 1.54) is 11.9 Å². The third-order valence-electron chi connectivity index (χ3n) is 4.79. The first kappa shape index (κ1) is 16.6. The second-order valence-corrected chi connectivity index (χ2v) is 7.03. The number of amides is 1. The molecule has 1 saturated heterocycles. The van der Waals surface area contributed by atoms with Crippen molar-refractivity contribution in [2.45, 2.75) is 38.9 Å². The topological polar surface area (TPSA) is 54.3 Å². The van der Waals surface area contributed by atoms with Gasteiger partial charge in [0, 0.05) is 31.7 Å². The van der Waals surface area contributed by atoms with Gasteiger partial charge in [-0.15, -0.1) is 0 Å². The largest absolute Gasteiger partial charge is 0.338 e. The maximum absolute atomic E-state index is 12.8. The monoisotopic (exact) mass is 327 g/mol. The third kappa shape index (κ3) is 3.48. The summed E-state index contributed by atoms with van der Waals surface area (Å²) < 4.78 is 1.62. The molecule has 2 heterocycles. The molecule has 0 bridgehead atoms. The fourth-order valence-corrected chi connectivity index (χ4v) is 3.27. The van der Waals surface area contributed by atoms with Gasteiger partial charge in [-0.05, 0) is 26.3 Å². The number of piperazine rings is 1. The van der Waals surface area contributed by atoms with Gasteiger partial charge in [0.05, 0.1) is 0 Å². The zero-order chi connectivity index (χ0) is 17.2. The van der Waals surface area contributed by atoms with E-state index < -0.39 is 0 Å². The van der Waals surface area contributed by atoms with Crippen LogP contribution in [0.3, 0.4) is 0 Å². The van der Waals surface area contributed by atoms with Crippen LogP contribution in [0.1, 0.15) is 32.4 Å². The first-order valence-electron chi connectivity index (χ1n) is 8.39. The van der Waals surface area contributed by atoms with Crippen molar-refractivity contribution < 1.29 is 4.79 Å². The first-order valence-corrected chi connectivity index (χ1v) is 8.39. The molecule has 6 nitrogen and oxygen atoms in total. The highest BCUT2D eigenvalue weighted by atomic mass is 16.2. The maximum atomic E-state index is 12.8. The summed E-state index contributed by atoms with van der Waals surface area (Å²) in [6.45, 7) is 9.53. The van der Waals surface area contributed by atoms with Crippen LogP contribution in [0.2, 0.25) is 0 Å². The van der Waals surface area contributed by atoms with Gasteiger partial charge in [-0.25, -0.2) is 9.67 Å². The van der Waals surface area contributed by atoms with E-state index in [2.05, 4.69) is 53.1 Å². The highest BCUT2D eigenvalue weighted by Crippen LogP contribution is 2.24. The van der Waals surface area contributed by atoms with Crippen molar-refractivity contribution in [1.29, 1.82) is 0 Å². The molecule has 0 spiro atoms. The molecule has 1 fully saturated rings. The standard InChI is InChI=1S/C18H25N5O/c1-15(23-14-19-13-20-23)17(24)21-9-10-22(18(2,3)12-21)11-16-7-5-4-6-8-16/h4-8,13-15H,9-12H2,1-3H3. The van der Waals surface area contributed by atoms with Crippen molar-refractivity contribution in [2.24, 2.45) is 0 Å². The highest BCUT2D eigenvalue weighted by Gasteiger charge is 2.36. The Morgan fingerprint density at radius 3 is 2.62 bits per heavy atom. The zero-order valence-corrected chi connectivity index (χ0v) is 14.6. The molecule has 24 heavy (non-hydrogen) atoms. The van der Waals surface area contributed by atoms with E-state index in [9.17, 15) is 4.79 Å². The van der Waals surface area contributed by atoms with Crippen LogP contribution in [0.15, 0.2) is 43.0 Å². The second kappa shape index (κ2) is 6.73. The lowest BCUT2D eigenvalue weighted by molar-refractivity contribution is -0.139. The van der Waals surface area contributed by atoms with Crippen LogP contribution in [0.25, 0.3) is 0 Å². The minimum atomic E-state index is -0.316. The van der Waals surface area contributed by atoms with E-state index in [1.807, 2.05) is 17.9 Å². The van der Waals surface area contributed by atoms with E-state index in [0.717, 1.165) is 26.2 Å². The molecule has 1 aliphatic rings. The normalized spacial score (nSPS) is 19.2. The van der Waals surface area contributed by atoms with Gasteiger partial charge in [0.25, 0.3) is 0 Å². The van der Waals surface area contributed by atoms with Gasteiger partial charge in [0.2, 0.25) is 5.91 Å². The molecule has 0 N–H and O–H groups in total. The Morgan fingerprint density at radius 1 is 1.25 bits per heavy atom. The Kier molecular flexibility index (Phi) is 4.66. The molecule has 1 aromatic carbocycles. The van der Waals surface area contributed by atoms with Crippen molar-refractivity contribution in [2.75, 3.05) is 19.6 Å². The summed E-state index contributed by atoms with van der Waals surface area (Å²) in [4.78, 5) is 21.1. The summed E-state index contributed by atoms with van der Waals surface area (Å²) >= 11 is 0. The van der Waals surface area contributed by atoms with Crippen molar-refractivity contribution in [3.8, 4) is 0 Å². The highest BCUT2D eigenvalue weighted by molar-refractivity contribution is 5.80. The number of aromatic nitrogens is 3. The van der Waals surface area contributed by atoms with E-state index in [1.54, 1.807) is 11.0 Å². The van der Waals surface area contributed by atoms with Gasteiger partial charge in [-0.2, -0.15) is 5.10 Å². The van der Waals surface area contributed by atoms with Crippen molar-refractivity contribution in [3.63, 3.8) is 0 Å². The molecule has 2 aromatic rings. The molecule has 3 rings (SSSR count). The van der Waals surface area contributed by atoms with Crippen molar-refractivity contribution in [1.82, 2.24) is 24.6 Å². The molecule has 0 radical (unpaired) electrons. The minimum absolute atomic E-state index is 0.0637. The van der Waals surface area contributed by atoms with Gasteiger partial charge in [0.15, 0.2) is 0 Å².